The molecule has 4 amide bonds. The van der Waals surface area contributed by atoms with Gasteiger partial charge in [-0.25, -0.2) is 4.79 Å². The minimum absolute atomic E-state index is 0.259. The molecule has 2 rings (SSSR count). The van der Waals surface area contributed by atoms with Gasteiger partial charge in [-0.05, 0) is 24.6 Å². The van der Waals surface area contributed by atoms with Crippen molar-refractivity contribution in [1.29, 1.82) is 0 Å². The van der Waals surface area contributed by atoms with Gasteiger partial charge >= 0.3 is 6.03 Å². The highest BCUT2D eigenvalue weighted by Crippen LogP contribution is 2.24. The first-order valence-electron chi connectivity index (χ1n) is 6.98. The molecule has 0 bridgehead atoms. The molecule has 0 radical (unpaired) electrons. The van der Waals surface area contributed by atoms with Gasteiger partial charge in [0.25, 0.3) is 5.91 Å². The normalized spacial score (nSPS) is 17.4. The number of carbonyl (C=O) groups is 3. The lowest BCUT2D eigenvalue weighted by Crippen LogP contribution is -2.40. The van der Waals surface area contributed by atoms with E-state index in [4.69, 9.17) is 4.74 Å². The number of hydrogen-bond acceptors (Lipinski definition) is 4. The summed E-state index contributed by atoms with van der Waals surface area (Å²) in [6.07, 6.45) is 0. The summed E-state index contributed by atoms with van der Waals surface area (Å²) in [5, 5.41) is 2.59. The molecule has 1 aromatic rings. The number of benzene rings is 1. The van der Waals surface area contributed by atoms with Crippen LogP contribution >= 0.6 is 0 Å². The molecule has 0 saturated carbocycles. The smallest absolute Gasteiger partial charge is 0.325 e. The van der Waals surface area contributed by atoms with E-state index in [0.29, 0.717) is 17.9 Å². The van der Waals surface area contributed by atoms with Gasteiger partial charge in [-0.2, -0.15) is 0 Å². The number of amides is 4. The molecule has 0 aromatic heterocycles. The van der Waals surface area contributed by atoms with Crippen molar-refractivity contribution in [2.75, 3.05) is 27.2 Å². The molecule has 1 aliphatic heterocycles. The van der Waals surface area contributed by atoms with Gasteiger partial charge in [-0.15, -0.1) is 0 Å². The standard InChI is InChI=1S/C15H19N3O4/c1-4-22-11-7-5-10(6-8-11)13-14(20)18(15(21)16-13)9-12(19)17(2)3/h5-8,13H,4,9H2,1-3H3,(H,16,21). The maximum absolute atomic E-state index is 12.3. The second-order valence-electron chi connectivity index (χ2n) is 5.10. The average molecular weight is 305 g/mol. The Morgan fingerprint density at radius 2 is 1.91 bits per heavy atom. The fourth-order valence-corrected chi connectivity index (χ4v) is 2.09. The average Bonchev–Trinajstić information content (AvgIpc) is 2.76. The Labute approximate surface area is 128 Å². The summed E-state index contributed by atoms with van der Waals surface area (Å²) in [7, 11) is 3.15. The number of nitrogens with zero attached hydrogens (tertiary/aromatic N) is 2. The predicted octanol–water partition coefficient (Wildman–Crippen LogP) is 0.766. The molecule has 118 valence electrons. The molecular weight excluding hydrogens is 286 g/mol. The van der Waals surface area contributed by atoms with E-state index in [1.807, 2.05) is 6.92 Å². The van der Waals surface area contributed by atoms with Gasteiger partial charge in [0.15, 0.2) is 0 Å². The number of hydrogen-bond donors (Lipinski definition) is 1. The van der Waals surface area contributed by atoms with Crippen molar-refractivity contribution in [3.63, 3.8) is 0 Å². The van der Waals surface area contributed by atoms with Gasteiger partial charge < -0.3 is 15.0 Å². The zero-order valence-corrected chi connectivity index (χ0v) is 12.8. The lowest BCUT2D eigenvalue weighted by molar-refractivity contribution is -0.135. The Kier molecular flexibility index (Phi) is 4.65. The quantitative estimate of drug-likeness (QED) is 0.815. The molecule has 1 atom stereocenters. The maximum Gasteiger partial charge on any atom is 0.325 e. The van der Waals surface area contributed by atoms with Crippen LogP contribution in [0.3, 0.4) is 0 Å². The molecule has 1 aliphatic rings. The Morgan fingerprint density at radius 1 is 1.27 bits per heavy atom. The fourth-order valence-electron chi connectivity index (χ4n) is 2.09. The van der Waals surface area contributed by atoms with Crippen LogP contribution in [0.25, 0.3) is 0 Å². The van der Waals surface area contributed by atoms with Crippen molar-refractivity contribution < 1.29 is 19.1 Å². The molecule has 7 nitrogen and oxygen atoms in total. The largest absolute Gasteiger partial charge is 0.494 e. The molecule has 1 aromatic carbocycles. The molecule has 1 heterocycles. The first-order valence-corrected chi connectivity index (χ1v) is 6.98. The van der Waals surface area contributed by atoms with Crippen LogP contribution in [0.4, 0.5) is 4.79 Å². The van der Waals surface area contributed by atoms with Crippen molar-refractivity contribution >= 4 is 17.8 Å². The first kappa shape index (κ1) is 15.8. The van der Waals surface area contributed by atoms with Gasteiger partial charge in [0.05, 0.1) is 6.61 Å². The predicted molar refractivity (Wildman–Crippen MR) is 79.3 cm³/mol. The van der Waals surface area contributed by atoms with Crippen LogP contribution < -0.4 is 10.1 Å². The highest BCUT2D eigenvalue weighted by atomic mass is 16.5. The van der Waals surface area contributed by atoms with Crippen molar-refractivity contribution in [2.45, 2.75) is 13.0 Å². The van der Waals surface area contributed by atoms with E-state index < -0.39 is 18.0 Å². The minimum atomic E-state index is -0.766. The van der Waals surface area contributed by atoms with Crippen molar-refractivity contribution in [3.05, 3.63) is 29.8 Å². The topological polar surface area (TPSA) is 79.0 Å². The third-order valence-electron chi connectivity index (χ3n) is 3.34. The van der Waals surface area contributed by atoms with E-state index in [2.05, 4.69) is 5.32 Å². The molecule has 0 spiro atoms. The number of imide groups is 1. The Hall–Kier alpha value is -2.57. The molecule has 7 heteroatoms. The highest BCUT2D eigenvalue weighted by molar-refractivity contribution is 6.06. The Morgan fingerprint density at radius 3 is 2.45 bits per heavy atom. The summed E-state index contributed by atoms with van der Waals surface area (Å²) in [4.78, 5) is 38.2. The molecule has 0 aliphatic carbocycles. The fraction of sp³-hybridized carbons (Fsp3) is 0.400. The van der Waals surface area contributed by atoms with E-state index in [1.165, 1.54) is 4.90 Å². The number of likely N-dealkylation sites (N-methyl/N-ethyl adjacent to an activating group) is 1. The minimum Gasteiger partial charge on any atom is -0.494 e. The lowest BCUT2D eigenvalue weighted by atomic mass is 10.1. The monoisotopic (exact) mass is 305 g/mol. The Balaban J connectivity index is 2.12. The van der Waals surface area contributed by atoms with Crippen LogP contribution in [0.5, 0.6) is 5.75 Å². The zero-order chi connectivity index (χ0) is 16.3. The second kappa shape index (κ2) is 6.46. The highest BCUT2D eigenvalue weighted by Gasteiger charge is 2.39. The van der Waals surface area contributed by atoms with Gasteiger partial charge in [0, 0.05) is 14.1 Å². The molecule has 1 unspecified atom stereocenters. The van der Waals surface area contributed by atoms with E-state index >= 15 is 0 Å². The third-order valence-corrected chi connectivity index (χ3v) is 3.34. The first-order chi connectivity index (χ1) is 10.4. The van der Waals surface area contributed by atoms with Gasteiger partial charge in [-0.1, -0.05) is 12.1 Å². The second-order valence-corrected chi connectivity index (χ2v) is 5.10. The summed E-state index contributed by atoms with van der Waals surface area (Å²) in [6, 6.07) is 5.62. The van der Waals surface area contributed by atoms with Crippen LogP contribution in [0.2, 0.25) is 0 Å². The third kappa shape index (κ3) is 3.19. The van der Waals surface area contributed by atoms with Crippen LogP contribution in [-0.2, 0) is 9.59 Å². The maximum atomic E-state index is 12.3. The summed E-state index contributed by atoms with van der Waals surface area (Å²) >= 11 is 0. The van der Waals surface area contributed by atoms with E-state index in [-0.39, 0.29) is 12.5 Å². The molecule has 1 fully saturated rings. The van der Waals surface area contributed by atoms with Crippen LogP contribution in [-0.4, -0.2) is 54.9 Å². The molecule has 22 heavy (non-hydrogen) atoms. The molecular formula is C15H19N3O4. The summed E-state index contributed by atoms with van der Waals surface area (Å²) in [6.45, 7) is 2.18. The molecule has 1 saturated heterocycles. The van der Waals surface area contributed by atoms with Crippen molar-refractivity contribution in [3.8, 4) is 5.75 Å². The summed E-state index contributed by atoms with van der Waals surface area (Å²) in [5.41, 5.74) is 0.654. The molecule has 1 N–H and O–H groups in total. The number of nitrogens with one attached hydrogen (secondary N) is 1. The number of carbonyl (C=O) groups excluding carboxylic acids is 3. The van der Waals surface area contributed by atoms with Crippen molar-refractivity contribution in [1.82, 2.24) is 15.1 Å². The van der Waals surface area contributed by atoms with Gasteiger partial charge in [-0.3, -0.25) is 14.5 Å². The van der Waals surface area contributed by atoms with Crippen LogP contribution in [0.15, 0.2) is 24.3 Å². The number of urea groups is 1. The zero-order valence-electron chi connectivity index (χ0n) is 12.8. The number of rotatable bonds is 5. The van der Waals surface area contributed by atoms with Crippen molar-refractivity contribution in [2.24, 2.45) is 0 Å². The van der Waals surface area contributed by atoms with E-state index in [9.17, 15) is 14.4 Å². The Bertz CT molecular complexity index is 583. The van der Waals surface area contributed by atoms with Gasteiger partial charge in [0.1, 0.15) is 18.3 Å². The lowest BCUT2D eigenvalue weighted by Gasteiger charge is -2.16. The van der Waals surface area contributed by atoms with E-state index in [0.717, 1.165) is 4.90 Å². The number of ether oxygens (including phenoxy) is 1. The summed E-state index contributed by atoms with van der Waals surface area (Å²) < 4.78 is 5.34. The van der Waals surface area contributed by atoms with E-state index in [1.54, 1.807) is 38.4 Å². The van der Waals surface area contributed by atoms with Gasteiger partial charge in [0.2, 0.25) is 5.91 Å². The summed E-state index contributed by atoms with van der Waals surface area (Å²) in [5.74, 6) is -0.0390. The SMILES string of the molecule is CCOc1ccc(C2NC(=O)N(CC(=O)N(C)C)C2=O)cc1. The van der Waals surface area contributed by atoms with Crippen LogP contribution in [0.1, 0.15) is 18.5 Å². The van der Waals surface area contributed by atoms with Crippen LogP contribution in [0, 0.1) is 0 Å².